The molecule has 2 aromatic heterocycles. The predicted molar refractivity (Wildman–Crippen MR) is 106 cm³/mol. The smallest absolute Gasteiger partial charge is 0.168 e. The van der Waals surface area contributed by atoms with E-state index in [0.29, 0.717) is 0 Å². The largest absolute Gasteiger partial charge is 0.356 e. The van der Waals surface area contributed by atoms with Crippen molar-refractivity contribution in [1.29, 1.82) is 0 Å². The van der Waals surface area contributed by atoms with Crippen LogP contribution in [0.2, 0.25) is 0 Å². The van der Waals surface area contributed by atoms with Gasteiger partial charge in [0.25, 0.3) is 0 Å². The van der Waals surface area contributed by atoms with Crippen molar-refractivity contribution in [1.82, 2.24) is 10.1 Å². The molecule has 0 N–H and O–H groups in total. The summed E-state index contributed by atoms with van der Waals surface area (Å²) in [6.07, 6.45) is 0. The summed E-state index contributed by atoms with van der Waals surface area (Å²) in [5, 5.41) is 7.68. The first kappa shape index (κ1) is 15.1. The van der Waals surface area contributed by atoms with Crippen molar-refractivity contribution in [2.24, 2.45) is 0 Å². The molecule has 0 aliphatic carbocycles. The van der Waals surface area contributed by atoms with Gasteiger partial charge in [0.2, 0.25) is 0 Å². The molecule has 3 nitrogen and oxygen atoms in total. The van der Waals surface area contributed by atoms with E-state index in [1.54, 1.807) is 0 Å². The van der Waals surface area contributed by atoms with Gasteiger partial charge in [-0.25, -0.2) is 4.98 Å². The molecule has 126 valence electrons. The molecule has 0 amide bonds. The number of pyridine rings is 1. The number of aromatic nitrogens is 2. The minimum absolute atomic E-state index is 0.795. The molecule has 26 heavy (non-hydrogen) atoms. The van der Waals surface area contributed by atoms with E-state index in [4.69, 9.17) is 9.51 Å². The Balaban J connectivity index is 1.93. The molecular formula is C23H18N2O. The number of hydrogen-bond donors (Lipinski definition) is 0. The van der Waals surface area contributed by atoms with Gasteiger partial charge in [0.1, 0.15) is 5.69 Å². The lowest BCUT2D eigenvalue weighted by Gasteiger charge is -2.10. The molecule has 0 saturated carbocycles. The standard InChI is InChI=1S/C23H18N2O/c1-13-10-14(2)21(15(3)11-13)23-22-17-12-16-6-4-5-7-18(16)24-19(17)8-9-20(22)26-25-23/h4-12H,1-3H3. The number of para-hydroxylation sites is 1. The van der Waals surface area contributed by atoms with Crippen LogP contribution in [0.4, 0.5) is 0 Å². The first-order chi connectivity index (χ1) is 12.6. The summed E-state index contributed by atoms with van der Waals surface area (Å²) in [6, 6.07) is 18.8. The topological polar surface area (TPSA) is 38.9 Å². The first-order valence-electron chi connectivity index (χ1n) is 8.78. The quantitative estimate of drug-likeness (QED) is 0.346. The zero-order valence-electron chi connectivity index (χ0n) is 15.0. The van der Waals surface area contributed by atoms with E-state index in [0.717, 1.165) is 44.0 Å². The zero-order valence-corrected chi connectivity index (χ0v) is 15.0. The Kier molecular flexibility index (Phi) is 3.13. The second kappa shape index (κ2) is 5.40. The Hall–Kier alpha value is -3.20. The van der Waals surface area contributed by atoms with Gasteiger partial charge >= 0.3 is 0 Å². The summed E-state index contributed by atoms with van der Waals surface area (Å²) in [5.74, 6) is 0. The molecule has 5 rings (SSSR count). The lowest BCUT2D eigenvalue weighted by Crippen LogP contribution is -1.91. The van der Waals surface area contributed by atoms with Crippen molar-refractivity contribution in [2.45, 2.75) is 20.8 Å². The van der Waals surface area contributed by atoms with Gasteiger partial charge in [-0.1, -0.05) is 41.1 Å². The minimum Gasteiger partial charge on any atom is -0.356 e. The van der Waals surface area contributed by atoms with Gasteiger partial charge in [0, 0.05) is 16.3 Å². The Morgan fingerprint density at radius 3 is 2.38 bits per heavy atom. The molecule has 0 fully saturated rings. The molecule has 0 unspecified atom stereocenters. The number of nitrogens with zero attached hydrogens (tertiary/aromatic N) is 2. The number of hydrogen-bond acceptors (Lipinski definition) is 3. The molecule has 0 aliphatic rings. The summed E-state index contributed by atoms with van der Waals surface area (Å²) >= 11 is 0. The molecule has 0 spiro atoms. The zero-order chi connectivity index (χ0) is 17.8. The van der Waals surface area contributed by atoms with Crippen molar-refractivity contribution in [3.05, 3.63) is 71.3 Å². The van der Waals surface area contributed by atoms with Crippen LogP contribution in [0.5, 0.6) is 0 Å². The first-order valence-corrected chi connectivity index (χ1v) is 8.78. The van der Waals surface area contributed by atoms with Crippen molar-refractivity contribution in [2.75, 3.05) is 0 Å². The SMILES string of the molecule is Cc1cc(C)c(-c2noc3ccc4nc5ccccc5cc4c23)c(C)c1. The van der Waals surface area contributed by atoms with E-state index in [1.165, 1.54) is 16.7 Å². The van der Waals surface area contributed by atoms with Gasteiger partial charge in [0.15, 0.2) is 5.58 Å². The van der Waals surface area contributed by atoms with Gasteiger partial charge in [0.05, 0.1) is 16.4 Å². The highest BCUT2D eigenvalue weighted by atomic mass is 16.5. The highest BCUT2D eigenvalue weighted by Gasteiger charge is 2.18. The fourth-order valence-electron chi connectivity index (χ4n) is 4.01. The van der Waals surface area contributed by atoms with E-state index in [-0.39, 0.29) is 0 Å². The molecule has 0 radical (unpaired) electrons. The maximum atomic E-state index is 5.69. The van der Waals surface area contributed by atoms with Crippen LogP contribution in [-0.2, 0) is 0 Å². The van der Waals surface area contributed by atoms with E-state index in [2.05, 4.69) is 50.2 Å². The van der Waals surface area contributed by atoms with Gasteiger partial charge in [-0.05, 0) is 56.2 Å². The molecule has 3 aromatic carbocycles. The van der Waals surface area contributed by atoms with Crippen LogP contribution >= 0.6 is 0 Å². The van der Waals surface area contributed by atoms with Gasteiger partial charge in [-0.15, -0.1) is 0 Å². The highest BCUT2D eigenvalue weighted by Crippen LogP contribution is 2.37. The number of benzene rings is 3. The summed E-state index contributed by atoms with van der Waals surface area (Å²) < 4.78 is 5.69. The lowest BCUT2D eigenvalue weighted by molar-refractivity contribution is 0.459. The lowest BCUT2D eigenvalue weighted by atomic mass is 9.94. The molecule has 0 atom stereocenters. The predicted octanol–water partition coefficient (Wildman–Crippen LogP) is 6.12. The monoisotopic (exact) mass is 338 g/mol. The van der Waals surface area contributed by atoms with Crippen LogP contribution < -0.4 is 0 Å². The fraction of sp³-hybridized carbons (Fsp3) is 0.130. The third kappa shape index (κ3) is 2.14. The third-order valence-corrected chi connectivity index (χ3v) is 5.05. The summed E-state index contributed by atoms with van der Waals surface area (Å²) in [7, 11) is 0. The number of aryl methyl sites for hydroxylation is 3. The minimum atomic E-state index is 0.795. The van der Waals surface area contributed by atoms with Crippen LogP contribution in [0.3, 0.4) is 0 Å². The van der Waals surface area contributed by atoms with E-state index in [9.17, 15) is 0 Å². The molecule has 3 heteroatoms. The molecule has 0 saturated heterocycles. The van der Waals surface area contributed by atoms with Crippen LogP contribution in [0.25, 0.3) is 44.0 Å². The Labute approximate surface area is 151 Å². The molecule has 5 aromatic rings. The number of fused-ring (bicyclic) bond motifs is 4. The third-order valence-electron chi connectivity index (χ3n) is 5.05. The van der Waals surface area contributed by atoms with Gasteiger partial charge < -0.3 is 4.52 Å². The summed E-state index contributed by atoms with van der Waals surface area (Å²) in [4.78, 5) is 4.83. The fourth-order valence-corrected chi connectivity index (χ4v) is 4.01. The van der Waals surface area contributed by atoms with Crippen LogP contribution in [0.15, 0.2) is 59.1 Å². The Morgan fingerprint density at radius 1 is 0.808 bits per heavy atom. The maximum absolute atomic E-state index is 5.69. The molecular weight excluding hydrogens is 320 g/mol. The van der Waals surface area contributed by atoms with Gasteiger partial charge in [-0.2, -0.15) is 0 Å². The maximum Gasteiger partial charge on any atom is 0.168 e. The highest BCUT2D eigenvalue weighted by molar-refractivity contribution is 6.13. The van der Waals surface area contributed by atoms with Crippen LogP contribution in [0, 0.1) is 20.8 Å². The second-order valence-corrected chi connectivity index (χ2v) is 6.99. The molecule has 0 bridgehead atoms. The summed E-state index contributed by atoms with van der Waals surface area (Å²) in [6.45, 7) is 6.39. The van der Waals surface area contributed by atoms with E-state index < -0.39 is 0 Å². The molecule has 0 aliphatic heterocycles. The Bertz CT molecular complexity index is 1290. The van der Waals surface area contributed by atoms with Gasteiger partial charge in [-0.3, -0.25) is 0 Å². The van der Waals surface area contributed by atoms with Crippen molar-refractivity contribution >= 4 is 32.8 Å². The number of rotatable bonds is 1. The van der Waals surface area contributed by atoms with Crippen LogP contribution in [-0.4, -0.2) is 10.1 Å². The van der Waals surface area contributed by atoms with E-state index in [1.807, 2.05) is 30.3 Å². The Morgan fingerprint density at radius 2 is 1.58 bits per heavy atom. The summed E-state index contributed by atoms with van der Waals surface area (Å²) in [5.41, 5.74) is 8.49. The van der Waals surface area contributed by atoms with E-state index >= 15 is 0 Å². The second-order valence-electron chi connectivity index (χ2n) is 6.99. The normalized spacial score (nSPS) is 11.7. The van der Waals surface area contributed by atoms with Crippen molar-refractivity contribution < 1.29 is 4.52 Å². The van der Waals surface area contributed by atoms with Crippen molar-refractivity contribution in [3.8, 4) is 11.3 Å². The van der Waals surface area contributed by atoms with Crippen molar-refractivity contribution in [3.63, 3.8) is 0 Å². The van der Waals surface area contributed by atoms with Crippen LogP contribution in [0.1, 0.15) is 16.7 Å². The molecule has 2 heterocycles. The average molecular weight is 338 g/mol. The average Bonchev–Trinajstić information content (AvgIpc) is 3.03.